The fraction of sp³-hybridized carbons (Fsp3) is 0.516. The molecule has 2 aliphatic carbocycles. The van der Waals surface area contributed by atoms with Crippen molar-refractivity contribution in [2.45, 2.75) is 83.1 Å². The standard InChI is InChI=1S/C31H36O8/c1-18-16-17-22(36-19(2)32)30(5)26(38-28(35)21-14-10-7-11-15-21)24(33)23-25(31(18,30)39-29(23,3)4)37-27(34)20-12-8-6-9-13-20/h6-15,18,22-26,33H,16-17H2,1-5H3/t18-,22+,23-,24+,25-,26+,30+,31-/m1/s1. The zero-order chi connectivity index (χ0) is 28.2. The predicted octanol–water partition coefficient (Wildman–Crippen LogP) is 4.34. The van der Waals surface area contributed by atoms with E-state index in [4.69, 9.17) is 18.9 Å². The van der Waals surface area contributed by atoms with Crippen LogP contribution < -0.4 is 0 Å². The van der Waals surface area contributed by atoms with Crippen LogP contribution in [0.25, 0.3) is 0 Å². The van der Waals surface area contributed by atoms with Crippen LogP contribution in [-0.4, -0.2) is 58.6 Å². The highest BCUT2D eigenvalue weighted by Gasteiger charge is 2.81. The number of carbonyl (C=O) groups is 3. The van der Waals surface area contributed by atoms with Gasteiger partial charge in [0.15, 0.2) is 0 Å². The Morgan fingerprint density at radius 1 is 0.821 bits per heavy atom. The van der Waals surface area contributed by atoms with Crippen LogP contribution in [0.5, 0.6) is 0 Å². The van der Waals surface area contributed by atoms with Gasteiger partial charge in [-0.1, -0.05) is 43.3 Å². The maximum atomic E-state index is 13.4. The maximum Gasteiger partial charge on any atom is 0.338 e. The highest BCUT2D eigenvalue weighted by molar-refractivity contribution is 5.90. The van der Waals surface area contributed by atoms with Crippen LogP contribution in [0.3, 0.4) is 0 Å². The number of benzene rings is 2. The van der Waals surface area contributed by atoms with E-state index in [0.717, 1.165) is 0 Å². The van der Waals surface area contributed by atoms with Crippen LogP contribution in [0.15, 0.2) is 60.7 Å². The molecule has 0 amide bonds. The average molecular weight is 537 g/mol. The lowest BCUT2D eigenvalue weighted by Crippen LogP contribution is -2.76. The third-order valence-electron chi connectivity index (χ3n) is 9.15. The van der Waals surface area contributed by atoms with Crippen molar-refractivity contribution >= 4 is 17.9 Å². The van der Waals surface area contributed by atoms with Crippen LogP contribution >= 0.6 is 0 Å². The second kappa shape index (κ2) is 9.75. The van der Waals surface area contributed by atoms with Crippen LogP contribution in [0.2, 0.25) is 0 Å². The summed E-state index contributed by atoms with van der Waals surface area (Å²) >= 11 is 0. The second-order valence-corrected chi connectivity index (χ2v) is 11.8. The number of hydrogen-bond acceptors (Lipinski definition) is 8. The van der Waals surface area contributed by atoms with Gasteiger partial charge in [-0.15, -0.1) is 0 Å². The summed E-state index contributed by atoms with van der Waals surface area (Å²) in [5.41, 5.74) is -2.71. The van der Waals surface area contributed by atoms with Gasteiger partial charge in [-0.25, -0.2) is 9.59 Å². The van der Waals surface area contributed by atoms with E-state index in [-0.39, 0.29) is 5.92 Å². The quantitative estimate of drug-likeness (QED) is 0.444. The van der Waals surface area contributed by atoms with E-state index in [1.165, 1.54) is 6.92 Å². The molecule has 2 aromatic carbocycles. The average Bonchev–Trinajstić information content (AvgIpc) is 3.12. The van der Waals surface area contributed by atoms with Crippen molar-refractivity contribution in [3.63, 3.8) is 0 Å². The lowest BCUT2D eigenvalue weighted by Gasteiger charge is -2.62. The minimum Gasteiger partial charge on any atom is -0.462 e. The lowest BCUT2D eigenvalue weighted by atomic mass is 9.48. The van der Waals surface area contributed by atoms with Gasteiger partial charge < -0.3 is 24.1 Å². The van der Waals surface area contributed by atoms with E-state index < -0.39 is 64.9 Å². The van der Waals surface area contributed by atoms with E-state index in [9.17, 15) is 19.5 Å². The molecule has 1 N–H and O–H groups in total. The molecule has 3 aliphatic rings. The Morgan fingerprint density at radius 2 is 1.33 bits per heavy atom. The number of fused-ring (bicyclic) bond motifs is 1. The Bertz CT molecular complexity index is 1240. The molecule has 1 heterocycles. The molecule has 5 rings (SSSR count). The van der Waals surface area contributed by atoms with Crippen LogP contribution in [0.1, 0.15) is 68.2 Å². The molecule has 8 nitrogen and oxygen atoms in total. The third-order valence-corrected chi connectivity index (χ3v) is 9.15. The molecule has 0 unspecified atom stereocenters. The van der Waals surface area contributed by atoms with Gasteiger partial charge in [0.25, 0.3) is 0 Å². The number of ether oxygens (including phenoxy) is 4. The highest BCUT2D eigenvalue weighted by Crippen LogP contribution is 2.67. The van der Waals surface area contributed by atoms with Crippen molar-refractivity contribution in [1.82, 2.24) is 0 Å². The zero-order valence-electron chi connectivity index (χ0n) is 23.0. The van der Waals surface area contributed by atoms with Crippen molar-refractivity contribution in [3.05, 3.63) is 71.8 Å². The van der Waals surface area contributed by atoms with Crippen LogP contribution in [0, 0.1) is 17.3 Å². The number of rotatable bonds is 5. The minimum atomic E-state index is -1.27. The van der Waals surface area contributed by atoms with Crippen LogP contribution in [-0.2, 0) is 23.7 Å². The summed E-state index contributed by atoms with van der Waals surface area (Å²) in [6.07, 6.45) is -2.94. The number of hydrogen-bond donors (Lipinski definition) is 1. The normalized spacial score (nSPS) is 36.4. The Labute approximate surface area is 228 Å². The summed E-state index contributed by atoms with van der Waals surface area (Å²) in [5, 5.41) is 12.0. The van der Waals surface area contributed by atoms with E-state index in [1.807, 2.05) is 33.8 Å². The maximum absolute atomic E-state index is 13.4. The molecular weight excluding hydrogens is 500 g/mol. The third kappa shape index (κ3) is 4.16. The minimum absolute atomic E-state index is 0.183. The van der Waals surface area contributed by atoms with Gasteiger partial charge in [-0.05, 0) is 63.8 Å². The Balaban J connectivity index is 1.65. The smallest absolute Gasteiger partial charge is 0.338 e. The first-order valence-corrected chi connectivity index (χ1v) is 13.5. The summed E-state index contributed by atoms with van der Waals surface area (Å²) in [6.45, 7) is 8.86. The van der Waals surface area contributed by atoms with Crippen molar-refractivity contribution in [1.29, 1.82) is 0 Å². The highest BCUT2D eigenvalue weighted by atomic mass is 16.6. The fourth-order valence-electron chi connectivity index (χ4n) is 7.48. The van der Waals surface area contributed by atoms with Crippen molar-refractivity contribution in [2.75, 3.05) is 0 Å². The van der Waals surface area contributed by atoms with E-state index >= 15 is 0 Å². The SMILES string of the molecule is CC(=O)O[C@H]1CC[C@@H](C)[C@]23OC(C)(C)[C@H]([C@H](O)[C@H](OC(=O)c4ccccc4)[C@]12C)[C@H]3OC(=O)c1ccccc1. The first-order chi connectivity index (χ1) is 18.4. The number of esters is 3. The Morgan fingerprint density at radius 3 is 1.85 bits per heavy atom. The van der Waals surface area contributed by atoms with Gasteiger partial charge in [0, 0.05) is 6.92 Å². The molecule has 1 spiro atoms. The summed E-state index contributed by atoms with van der Waals surface area (Å²) < 4.78 is 25.2. The van der Waals surface area contributed by atoms with E-state index in [2.05, 4.69) is 0 Å². The number of aliphatic hydroxyl groups is 1. The first kappa shape index (κ1) is 27.3. The molecule has 1 saturated heterocycles. The van der Waals surface area contributed by atoms with Gasteiger partial charge >= 0.3 is 17.9 Å². The second-order valence-electron chi connectivity index (χ2n) is 11.8. The molecule has 8 atom stereocenters. The molecule has 2 aromatic rings. The number of aliphatic hydroxyl groups excluding tert-OH is 1. The molecule has 8 heteroatoms. The molecule has 208 valence electrons. The predicted molar refractivity (Wildman–Crippen MR) is 141 cm³/mol. The Kier molecular flexibility index (Phi) is 6.84. The van der Waals surface area contributed by atoms with Gasteiger partial charge in [-0.2, -0.15) is 0 Å². The van der Waals surface area contributed by atoms with Crippen molar-refractivity contribution in [2.24, 2.45) is 17.3 Å². The van der Waals surface area contributed by atoms with Gasteiger partial charge in [-0.3, -0.25) is 4.79 Å². The fourth-order valence-corrected chi connectivity index (χ4v) is 7.48. The molecule has 39 heavy (non-hydrogen) atoms. The molecule has 2 saturated carbocycles. The van der Waals surface area contributed by atoms with Gasteiger partial charge in [0.05, 0.1) is 28.1 Å². The largest absolute Gasteiger partial charge is 0.462 e. The zero-order valence-corrected chi connectivity index (χ0v) is 23.0. The summed E-state index contributed by atoms with van der Waals surface area (Å²) in [4.78, 5) is 39.1. The summed E-state index contributed by atoms with van der Waals surface area (Å²) in [5.74, 6) is -2.54. The lowest BCUT2D eigenvalue weighted by molar-refractivity contribution is -0.295. The molecule has 1 aliphatic heterocycles. The monoisotopic (exact) mass is 536 g/mol. The van der Waals surface area contributed by atoms with E-state index in [1.54, 1.807) is 54.6 Å². The van der Waals surface area contributed by atoms with Crippen LogP contribution in [0.4, 0.5) is 0 Å². The molecule has 0 aromatic heterocycles. The molecule has 2 bridgehead atoms. The first-order valence-electron chi connectivity index (χ1n) is 13.5. The summed E-state index contributed by atoms with van der Waals surface area (Å²) in [7, 11) is 0. The number of carbonyl (C=O) groups excluding carboxylic acids is 3. The van der Waals surface area contributed by atoms with Gasteiger partial charge in [0.1, 0.15) is 30.0 Å². The molecular formula is C31H36O8. The topological polar surface area (TPSA) is 108 Å². The van der Waals surface area contributed by atoms with Crippen molar-refractivity contribution in [3.8, 4) is 0 Å². The Hall–Kier alpha value is -3.23. The van der Waals surface area contributed by atoms with Gasteiger partial charge in [0.2, 0.25) is 0 Å². The molecule has 3 fully saturated rings. The van der Waals surface area contributed by atoms with Crippen molar-refractivity contribution < 1.29 is 38.4 Å². The summed E-state index contributed by atoms with van der Waals surface area (Å²) in [6, 6.07) is 17.2. The van der Waals surface area contributed by atoms with E-state index in [0.29, 0.717) is 24.0 Å². The molecule has 0 radical (unpaired) electrons.